The van der Waals surface area contributed by atoms with Gasteiger partial charge in [-0.1, -0.05) is 6.92 Å². The lowest BCUT2D eigenvalue weighted by Gasteiger charge is -2.24. The molecule has 0 aliphatic heterocycles. The molecule has 1 saturated carbocycles. The van der Waals surface area contributed by atoms with Gasteiger partial charge in [-0.2, -0.15) is 0 Å². The van der Waals surface area contributed by atoms with E-state index < -0.39 is 0 Å². The first-order valence-corrected chi connectivity index (χ1v) is 6.55. The van der Waals surface area contributed by atoms with Crippen LogP contribution in [0.25, 0.3) is 0 Å². The lowest BCUT2D eigenvalue weighted by Crippen LogP contribution is -2.34. The number of methoxy groups -OCH3 is 1. The van der Waals surface area contributed by atoms with Gasteiger partial charge in [-0.25, -0.2) is 0 Å². The molecule has 1 N–H and O–H groups in total. The molecule has 1 fully saturated rings. The number of rotatable bonds is 10. The highest BCUT2D eigenvalue weighted by atomic mass is 16.5. The number of hydrogen-bond donors (Lipinski definition) is 1. The second-order valence-corrected chi connectivity index (χ2v) is 4.85. The molecule has 3 heteroatoms. The molecule has 1 rings (SSSR count). The molecule has 1 atom stereocenters. The van der Waals surface area contributed by atoms with Crippen LogP contribution in [0.2, 0.25) is 0 Å². The van der Waals surface area contributed by atoms with Gasteiger partial charge in [0.1, 0.15) is 0 Å². The Morgan fingerprint density at radius 1 is 1.25 bits per heavy atom. The summed E-state index contributed by atoms with van der Waals surface area (Å²) in [6, 6.07) is 0.663. The lowest BCUT2D eigenvalue weighted by atomic mass is 9.92. The Bertz CT molecular complexity index is 181. The maximum Gasteiger partial charge on any atom is 0.0700 e. The topological polar surface area (TPSA) is 30.5 Å². The van der Waals surface area contributed by atoms with Crippen molar-refractivity contribution in [1.29, 1.82) is 0 Å². The zero-order valence-electron chi connectivity index (χ0n) is 11.1. The van der Waals surface area contributed by atoms with E-state index in [0.717, 1.165) is 19.8 Å². The molecule has 1 aliphatic carbocycles. The molecular formula is C13H27NO2. The molecule has 1 aliphatic rings. The first-order chi connectivity index (χ1) is 7.75. The van der Waals surface area contributed by atoms with E-state index in [0.29, 0.717) is 18.1 Å². The standard InChI is InChI=1S/C13H27NO2/c1-4-14-12(2)13(7-8-13)6-5-9-16-11-10-15-3/h12,14H,4-11H2,1-3H3. The molecule has 16 heavy (non-hydrogen) atoms. The fourth-order valence-electron chi connectivity index (χ4n) is 2.35. The van der Waals surface area contributed by atoms with E-state index in [1.165, 1.54) is 25.7 Å². The molecule has 0 aromatic rings. The Morgan fingerprint density at radius 3 is 2.56 bits per heavy atom. The normalized spacial score (nSPS) is 19.7. The van der Waals surface area contributed by atoms with Gasteiger partial charge >= 0.3 is 0 Å². The van der Waals surface area contributed by atoms with Gasteiger partial charge in [-0.05, 0) is 44.6 Å². The monoisotopic (exact) mass is 229 g/mol. The molecular weight excluding hydrogens is 202 g/mol. The third-order valence-corrected chi connectivity index (χ3v) is 3.72. The molecule has 0 spiro atoms. The quantitative estimate of drug-likeness (QED) is 0.583. The zero-order chi connectivity index (χ0) is 11.9. The highest BCUT2D eigenvalue weighted by Gasteiger charge is 2.45. The van der Waals surface area contributed by atoms with Crippen LogP contribution in [-0.4, -0.2) is 39.5 Å². The summed E-state index contributed by atoms with van der Waals surface area (Å²) in [4.78, 5) is 0. The van der Waals surface area contributed by atoms with Crippen molar-refractivity contribution < 1.29 is 9.47 Å². The number of ether oxygens (including phenoxy) is 2. The van der Waals surface area contributed by atoms with E-state index in [4.69, 9.17) is 9.47 Å². The second-order valence-electron chi connectivity index (χ2n) is 4.85. The SMILES string of the molecule is CCNC(C)C1(CCCOCCOC)CC1. The molecule has 0 heterocycles. The van der Waals surface area contributed by atoms with Gasteiger partial charge in [0.25, 0.3) is 0 Å². The van der Waals surface area contributed by atoms with Gasteiger partial charge in [-0.3, -0.25) is 0 Å². The van der Waals surface area contributed by atoms with Gasteiger partial charge in [0, 0.05) is 19.8 Å². The van der Waals surface area contributed by atoms with E-state index in [9.17, 15) is 0 Å². The Labute approximate surface area is 99.9 Å². The average molecular weight is 229 g/mol. The summed E-state index contributed by atoms with van der Waals surface area (Å²) in [7, 11) is 1.71. The van der Waals surface area contributed by atoms with Gasteiger partial charge in [-0.15, -0.1) is 0 Å². The number of hydrogen-bond acceptors (Lipinski definition) is 3. The van der Waals surface area contributed by atoms with Crippen LogP contribution in [0, 0.1) is 5.41 Å². The first kappa shape index (κ1) is 13.9. The van der Waals surface area contributed by atoms with Crippen molar-refractivity contribution in [2.75, 3.05) is 33.5 Å². The second kappa shape index (κ2) is 7.25. The Kier molecular flexibility index (Phi) is 6.32. The first-order valence-electron chi connectivity index (χ1n) is 6.55. The van der Waals surface area contributed by atoms with Gasteiger partial charge in [0.2, 0.25) is 0 Å². The molecule has 3 nitrogen and oxygen atoms in total. The van der Waals surface area contributed by atoms with E-state index in [2.05, 4.69) is 19.2 Å². The molecule has 1 unspecified atom stereocenters. The zero-order valence-corrected chi connectivity index (χ0v) is 11.1. The Balaban J connectivity index is 2.03. The Morgan fingerprint density at radius 2 is 2.00 bits per heavy atom. The smallest absolute Gasteiger partial charge is 0.0700 e. The maximum absolute atomic E-state index is 5.49. The molecule has 96 valence electrons. The maximum atomic E-state index is 5.49. The summed E-state index contributed by atoms with van der Waals surface area (Å²) in [5, 5.41) is 3.55. The van der Waals surface area contributed by atoms with Crippen LogP contribution in [0.4, 0.5) is 0 Å². The average Bonchev–Trinajstić information content (AvgIpc) is 3.05. The third kappa shape index (κ3) is 4.40. The molecule has 0 aromatic heterocycles. The van der Waals surface area contributed by atoms with E-state index in [1.807, 2.05) is 0 Å². The van der Waals surface area contributed by atoms with E-state index >= 15 is 0 Å². The molecule has 0 aromatic carbocycles. The summed E-state index contributed by atoms with van der Waals surface area (Å²) < 4.78 is 10.4. The predicted molar refractivity (Wildman–Crippen MR) is 66.7 cm³/mol. The van der Waals surface area contributed by atoms with Crippen molar-refractivity contribution in [2.45, 2.75) is 45.6 Å². The molecule has 0 saturated heterocycles. The highest BCUT2D eigenvalue weighted by molar-refractivity contribution is 4.99. The van der Waals surface area contributed by atoms with Crippen molar-refractivity contribution in [1.82, 2.24) is 5.32 Å². The molecule has 0 radical (unpaired) electrons. The summed E-state index contributed by atoms with van der Waals surface area (Å²) in [5.41, 5.74) is 0.584. The van der Waals surface area contributed by atoms with Crippen LogP contribution in [0.15, 0.2) is 0 Å². The fraction of sp³-hybridized carbons (Fsp3) is 1.00. The minimum atomic E-state index is 0.584. The predicted octanol–water partition coefficient (Wildman–Crippen LogP) is 2.21. The van der Waals surface area contributed by atoms with Gasteiger partial charge < -0.3 is 14.8 Å². The van der Waals surface area contributed by atoms with Crippen molar-refractivity contribution >= 4 is 0 Å². The fourth-order valence-corrected chi connectivity index (χ4v) is 2.35. The van der Waals surface area contributed by atoms with Crippen molar-refractivity contribution in [3.05, 3.63) is 0 Å². The van der Waals surface area contributed by atoms with Crippen LogP contribution in [-0.2, 0) is 9.47 Å². The summed E-state index contributed by atoms with van der Waals surface area (Å²) in [6.45, 7) is 7.89. The van der Waals surface area contributed by atoms with Crippen molar-refractivity contribution in [3.8, 4) is 0 Å². The molecule has 0 bridgehead atoms. The van der Waals surface area contributed by atoms with Crippen LogP contribution >= 0.6 is 0 Å². The van der Waals surface area contributed by atoms with Crippen LogP contribution in [0.5, 0.6) is 0 Å². The van der Waals surface area contributed by atoms with Gasteiger partial charge in [0.15, 0.2) is 0 Å². The lowest BCUT2D eigenvalue weighted by molar-refractivity contribution is 0.0659. The van der Waals surface area contributed by atoms with Crippen molar-refractivity contribution in [2.24, 2.45) is 5.41 Å². The van der Waals surface area contributed by atoms with Gasteiger partial charge in [0.05, 0.1) is 13.2 Å². The third-order valence-electron chi connectivity index (χ3n) is 3.72. The van der Waals surface area contributed by atoms with Crippen molar-refractivity contribution in [3.63, 3.8) is 0 Å². The van der Waals surface area contributed by atoms with Crippen LogP contribution in [0.3, 0.4) is 0 Å². The summed E-state index contributed by atoms with van der Waals surface area (Å²) in [5.74, 6) is 0. The van der Waals surface area contributed by atoms with E-state index in [-0.39, 0.29) is 0 Å². The largest absolute Gasteiger partial charge is 0.382 e. The van der Waals surface area contributed by atoms with Crippen LogP contribution < -0.4 is 5.32 Å². The van der Waals surface area contributed by atoms with Crippen LogP contribution in [0.1, 0.15) is 39.5 Å². The van der Waals surface area contributed by atoms with E-state index in [1.54, 1.807) is 7.11 Å². The number of nitrogens with one attached hydrogen (secondary N) is 1. The minimum Gasteiger partial charge on any atom is -0.382 e. The Hall–Kier alpha value is -0.120. The molecule has 0 amide bonds. The summed E-state index contributed by atoms with van der Waals surface area (Å²) >= 11 is 0. The summed E-state index contributed by atoms with van der Waals surface area (Å²) in [6.07, 6.45) is 5.26. The minimum absolute atomic E-state index is 0.584. The highest BCUT2D eigenvalue weighted by Crippen LogP contribution is 2.52.